The van der Waals surface area contributed by atoms with Crippen molar-refractivity contribution in [1.29, 1.82) is 0 Å². The number of halogens is 1. The number of hydrogen-bond acceptors (Lipinski definition) is 3. The standard InChI is InChI=1S/C14H20N2O2.ClH/c1-8-4-11-6-13(14(17)16-10(3)7-15)18-12(11)5-9(8)2;/h4-5,10,13H,6-7,15H2,1-3H3,(H,16,17);1H/t10-,13?;/m0./s1. The maximum Gasteiger partial charge on any atom is 0.261 e. The van der Waals surface area contributed by atoms with Gasteiger partial charge >= 0.3 is 0 Å². The Morgan fingerprint density at radius 3 is 2.74 bits per heavy atom. The van der Waals surface area contributed by atoms with Gasteiger partial charge in [-0.1, -0.05) is 6.07 Å². The summed E-state index contributed by atoms with van der Waals surface area (Å²) in [5.41, 5.74) is 9.01. The van der Waals surface area contributed by atoms with Crippen LogP contribution in [0.3, 0.4) is 0 Å². The summed E-state index contributed by atoms with van der Waals surface area (Å²) in [5, 5.41) is 2.85. The Morgan fingerprint density at radius 2 is 2.11 bits per heavy atom. The summed E-state index contributed by atoms with van der Waals surface area (Å²) in [6.45, 7) is 6.43. The normalized spacial score (nSPS) is 18.0. The van der Waals surface area contributed by atoms with E-state index in [9.17, 15) is 4.79 Å². The lowest BCUT2D eigenvalue weighted by Crippen LogP contribution is -2.44. The molecule has 0 spiro atoms. The Bertz CT molecular complexity index is 446. The zero-order chi connectivity index (χ0) is 13.3. The first kappa shape index (κ1) is 15.8. The second-order valence-corrected chi connectivity index (χ2v) is 5.00. The van der Waals surface area contributed by atoms with Crippen LogP contribution in [0.1, 0.15) is 23.6 Å². The molecule has 1 amide bonds. The molecule has 0 aliphatic carbocycles. The Hall–Kier alpha value is -1.26. The number of hydrogen-bond donors (Lipinski definition) is 2. The SMILES string of the molecule is Cc1cc2c(cc1C)OC(C(=O)N[C@@H](C)CN)C2.Cl. The summed E-state index contributed by atoms with van der Waals surface area (Å²) >= 11 is 0. The van der Waals surface area contributed by atoms with Gasteiger partial charge in [-0.15, -0.1) is 12.4 Å². The highest BCUT2D eigenvalue weighted by Crippen LogP contribution is 2.31. The Balaban J connectivity index is 0.00000180. The van der Waals surface area contributed by atoms with Crippen molar-refractivity contribution >= 4 is 18.3 Å². The number of aryl methyl sites for hydroxylation is 2. The topological polar surface area (TPSA) is 64.3 Å². The number of nitrogens with two attached hydrogens (primary N) is 1. The van der Waals surface area contributed by atoms with Crippen LogP contribution in [-0.4, -0.2) is 24.6 Å². The predicted molar refractivity (Wildman–Crippen MR) is 77.9 cm³/mol. The maximum absolute atomic E-state index is 12.0. The molecule has 1 heterocycles. The van der Waals surface area contributed by atoms with Crippen molar-refractivity contribution in [3.05, 3.63) is 28.8 Å². The number of nitrogens with one attached hydrogen (secondary N) is 1. The van der Waals surface area contributed by atoms with E-state index in [0.29, 0.717) is 13.0 Å². The highest BCUT2D eigenvalue weighted by atomic mass is 35.5. The third-order valence-electron chi connectivity index (χ3n) is 3.39. The van der Waals surface area contributed by atoms with Gasteiger partial charge in [-0.2, -0.15) is 0 Å². The van der Waals surface area contributed by atoms with Gasteiger partial charge in [-0.25, -0.2) is 0 Å². The quantitative estimate of drug-likeness (QED) is 0.884. The van der Waals surface area contributed by atoms with Gasteiger partial charge in [0.25, 0.3) is 5.91 Å². The second-order valence-electron chi connectivity index (χ2n) is 5.00. The summed E-state index contributed by atoms with van der Waals surface area (Å²) in [6, 6.07) is 4.09. The highest BCUT2D eigenvalue weighted by molar-refractivity contribution is 5.85. The minimum Gasteiger partial charge on any atom is -0.480 e. The summed E-state index contributed by atoms with van der Waals surface area (Å²) < 4.78 is 5.70. The van der Waals surface area contributed by atoms with Crippen molar-refractivity contribution in [2.24, 2.45) is 5.73 Å². The fourth-order valence-electron chi connectivity index (χ4n) is 2.05. The molecule has 106 valence electrons. The molecule has 4 nitrogen and oxygen atoms in total. The summed E-state index contributed by atoms with van der Waals surface area (Å²) in [4.78, 5) is 12.0. The molecule has 1 aromatic rings. The first-order chi connectivity index (χ1) is 8.51. The van der Waals surface area contributed by atoms with E-state index in [1.807, 2.05) is 19.9 Å². The predicted octanol–water partition coefficient (Wildman–Crippen LogP) is 1.49. The van der Waals surface area contributed by atoms with Crippen LogP contribution in [0.4, 0.5) is 0 Å². The van der Waals surface area contributed by atoms with E-state index >= 15 is 0 Å². The highest BCUT2D eigenvalue weighted by Gasteiger charge is 2.29. The van der Waals surface area contributed by atoms with Gasteiger partial charge in [0.05, 0.1) is 0 Å². The van der Waals surface area contributed by atoms with Crippen LogP contribution in [0.5, 0.6) is 5.75 Å². The van der Waals surface area contributed by atoms with Crippen LogP contribution in [0, 0.1) is 13.8 Å². The van der Waals surface area contributed by atoms with Crippen LogP contribution in [0.15, 0.2) is 12.1 Å². The molecule has 1 unspecified atom stereocenters. The van der Waals surface area contributed by atoms with Crippen LogP contribution in [0.25, 0.3) is 0 Å². The molecule has 3 N–H and O–H groups in total. The number of rotatable bonds is 3. The summed E-state index contributed by atoms with van der Waals surface area (Å²) in [7, 11) is 0. The number of benzene rings is 1. The maximum atomic E-state index is 12.0. The molecule has 1 aliphatic rings. The minimum absolute atomic E-state index is 0. The molecular weight excluding hydrogens is 264 g/mol. The first-order valence-corrected chi connectivity index (χ1v) is 6.28. The molecule has 0 saturated carbocycles. The van der Waals surface area contributed by atoms with Crippen molar-refractivity contribution < 1.29 is 9.53 Å². The molecule has 0 radical (unpaired) electrons. The van der Waals surface area contributed by atoms with Crippen molar-refractivity contribution in [3.63, 3.8) is 0 Å². The molecule has 2 atom stereocenters. The average Bonchev–Trinajstić information content (AvgIpc) is 2.72. The van der Waals surface area contributed by atoms with Gasteiger partial charge < -0.3 is 15.8 Å². The van der Waals surface area contributed by atoms with E-state index in [1.165, 1.54) is 11.1 Å². The van der Waals surface area contributed by atoms with Gasteiger partial charge in [-0.3, -0.25) is 4.79 Å². The number of carbonyl (C=O) groups excluding carboxylic acids is 1. The minimum atomic E-state index is -0.421. The van der Waals surface area contributed by atoms with Crippen LogP contribution in [-0.2, 0) is 11.2 Å². The molecule has 1 aromatic carbocycles. The zero-order valence-electron chi connectivity index (χ0n) is 11.5. The van der Waals surface area contributed by atoms with Gasteiger partial charge in [0, 0.05) is 19.0 Å². The van der Waals surface area contributed by atoms with Gasteiger partial charge in [-0.05, 0) is 43.5 Å². The lowest BCUT2D eigenvalue weighted by molar-refractivity contribution is -0.127. The van der Waals surface area contributed by atoms with Gasteiger partial charge in [0.15, 0.2) is 6.10 Å². The number of amides is 1. The molecule has 0 aromatic heterocycles. The Morgan fingerprint density at radius 1 is 1.47 bits per heavy atom. The second kappa shape index (κ2) is 6.26. The number of ether oxygens (including phenoxy) is 1. The van der Waals surface area contributed by atoms with E-state index in [2.05, 4.69) is 18.3 Å². The molecule has 5 heteroatoms. The fourth-order valence-corrected chi connectivity index (χ4v) is 2.05. The molecule has 0 bridgehead atoms. The van der Waals surface area contributed by atoms with Crippen LogP contribution >= 0.6 is 12.4 Å². The largest absolute Gasteiger partial charge is 0.480 e. The smallest absolute Gasteiger partial charge is 0.261 e. The lowest BCUT2D eigenvalue weighted by Gasteiger charge is -2.15. The summed E-state index contributed by atoms with van der Waals surface area (Å²) in [5.74, 6) is 0.748. The third kappa shape index (κ3) is 3.39. The van der Waals surface area contributed by atoms with Crippen molar-refractivity contribution in [2.75, 3.05) is 6.54 Å². The number of fused-ring (bicyclic) bond motifs is 1. The Kier molecular flexibility index (Phi) is 5.20. The summed E-state index contributed by atoms with van der Waals surface area (Å²) in [6.07, 6.45) is 0.217. The molecule has 0 saturated heterocycles. The van der Waals surface area contributed by atoms with Gasteiger partial charge in [0.1, 0.15) is 5.75 Å². The average molecular weight is 285 g/mol. The zero-order valence-corrected chi connectivity index (χ0v) is 12.3. The van der Waals surface area contributed by atoms with Crippen LogP contribution < -0.4 is 15.8 Å². The third-order valence-corrected chi connectivity index (χ3v) is 3.39. The molecule has 2 rings (SSSR count). The van der Waals surface area contributed by atoms with E-state index < -0.39 is 6.10 Å². The van der Waals surface area contributed by atoms with Crippen molar-refractivity contribution in [3.8, 4) is 5.75 Å². The van der Waals surface area contributed by atoms with E-state index in [0.717, 1.165) is 11.3 Å². The molecule has 1 aliphatic heterocycles. The molecule has 0 fully saturated rings. The Labute approximate surface area is 120 Å². The van der Waals surface area contributed by atoms with E-state index in [4.69, 9.17) is 10.5 Å². The van der Waals surface area contributed by atoms with E-state index in [1.54, 1.807) is 0 Å². The van der Waals surface area contributed by atoms with Crippen molar-refractivity contribution in [1.82, 2.24) is 5.32 Å². The molecule has 19 heavy (non-hydrogen) atoms. The monoisotopic (exact) mass is 284 g/mol. The lowest BCUT2D eigenvalue weighted by atomic mass is 10.0. The molecular formula is C14H21ClN2O2. The fraction of sp³-hybridized carbons (Fsp3) is 0.500. The van der Waals surface area contributed by atoms with Crippen LogP contribution in [0.2, 0.25) is 0 Å². The van der Waals surface area contributed by atoms with E-state index in [-0.39, 0.29) is 24.4 Å². The number of carbonyl (C=O) groups is 1. The van der Waals surface area contributed by atoms with Gasteiger partial charge in [0.2, 0.25) is 0 Å². The van der Waals surface area contributed by atoms with Crippen molar-refractivity contribution in [2.45, 2.75) is 39.3 Å². The first-order valence-electron chi connectivity index (χ1n) is 6.28.